The average molecular weight is 325 g/mol. The van der Waals surface area contributed by atoms with E-state index in [1.807, 2.05) is 36.1 Å². The van der Waals surface area contributed by atoms with E-state index in [0.29, 0.717) is 5.92 Å². The van der Waals surface area contributed by atoms with Crippen molar-refractivity contribution in [3.8, 4) is 0 Å². The van der Waals surface area contributed by atoms with Crippen molar-refractivity contribution in [1.82, 2.24) is 10.2 Å². The summed E-state index contributed by atoms with van der Waals surface area (Å²) in [5.41, 5.74) is 1.12. The molecule has 1 heterocycles. The zero-order valence-corrected chi connectivity index (χ0v) is 13.1. The predicted octanol–water partition coefficient (Wildman–Crippen LogP) is 3.95. The van der Waals surface area contributed by atoms with Gasteiger partial charge in [-0.05, 0) is 43.4 Å². The molecule has 4 heteroatoms. The Morgan fingerprint density at radius 2 is 2.32 bits per heavy atom. The Morgan fingerprint density at radius 1 is 1.53 bits per heavy atom. The van der Waals surface area contributed by atoms with Gasteiger partial charge in [-0.1, -0.05) is 35.0 Å². The van der Waals surface area contributed by atoms with E-state index < -0.39 is 0 Å². The number of carbonyl (C=O) groups is 1. The monoisotopic (exact) mass is 324 g/mol. The Hall–Kier alpha value is -1.03. The molecule has 1 aromatic rings. The molecule has 0 radical (unpaired) electrons. The molecule has 104 valence electrons. The Morgan fingerprint density at radius 3 is 3.00 bits per heavy atom. The summed E-state index contributed by atoms with van der Waals surface area (Å²) >= 11 is 3.46. The molecular weight excluding hydrogens is 304 g/mol. The summed E-state index contributed by atoms with van der Waals surface area (Å²) in [6.07, 6.45) is 2.34. The molecule has 0 aromatic heterocycles. The molecule has 0 spiro atoms. The van der Waals surface area contributed by atoms with Crippen LogP contribution in [0.25, 0.3) is 0 Å². The van der Waals surface area contributed by atoms with E-state index in [-0.39, 0.29) is 12.1 Å². The van der Waals surface area contributed by atoms with Crippen LogP contribution in [0.15, 0.2) is 28.7 Å². The van der Waals surface area contributed by atoms with Gasteiger partial charge in [0.05, 0.1) is 6.04 Å². The minimum Gasteiger partial charge on any atom is -0.331 e. The number of amides is 2. The topological polar surface area (TPSA) is 32.3 Å². The zero-order chi connectivity index (χ0) is 13.8. The number of nitrogens with zero attached hydrogens (tertiary/aromatic N) is 1. The smallest absolute Gasteiger partial charge is 0.317 e. The summed E-state index contributed by atoms with van der Waals surface area (Å²) in [5.74, 6) is 0.612. The normalized spacial score (nSPS) is 21.0. The summed E-state index contributed by atoms with van der Waals surface area (Å²) in [5, 5.41) is 3.08. The van der Waals surface area contributed by atoms with Crippen molar-refractivity contribution in [1.29, 1.82) is 0 Å². The second-order valence-electron chi connectivity index (χ2n) is 5.42. The molecule has 2 amide bonds. The Bertz CT molecular complexity index is 450. The van der Waals surface area contributed by atoms with Gasteiger partial charge >= 0.3 is 6.03 Å². The molecule has 0 bridgehead atoms. The fourth-order valence-electron chi connectivity index (χ4n) is 2.51. The maximum Gasteiger partial charge on any atom is 0.317 e. The van der Waals surface area contributed by atoms with Gasteiger partial charge in [-0.2, -0.15) is 0 Å². The third kappa shape index (κ3) is 3.96. The van der Waals surface area contributed by atoms with Crippen LogP contribution in [0.2, 0.25) is 0 Å². The molecule has 0 aliphatic carbocycles. The van der Waals surface area contributed by atoms with Gasteiger partial charge in [-0.3, -0.25) is 0 Å². The number of carbonyl (C=O) groups excluding carboxylic acids is 1. The molecule has 1 fully saturated rings. The van der Waals surface area contributed by atoms with Gasteiger partial charge in [0, 0.05) is 17.6 Å². The Labute approximate surface area is 123 Å². The molecule has 2 atom stereocenters. The number of rotatable bonds is 2. The van der Waals surface area contributed by atoms with Crippen molar-refractivity contribution < 1.29 is 4.79 Å². The summed E-state index contributed by atoms with van der Waals surface area (Å²) in [6, 6.07) is 8.15. The lowest BCUT2D eigenvalue weighted by Crippen LogP contribution is -2.45. The minimum absolute atomic E-state index is 0.0298. The van der Waals surface area contributed by atoms with Crippen LogP contribution in [0, 0.1) is 5.92 Å². The van der Waals surface area contributed by atoms with E-state index in [9.17, 15) is 4.79 Å². The van der Waals surface area contributed by atoms with Crippen molar-refractivity contribution in [3.63, 3.8) is 0 Å². The molecule has 1 aliphatic heterocycles. The second kappa shape index (κ2) is 6.42. The van der Waals surface area contributed by atoms with E-state index >= 15 is 0 Å². The number of benzene rings is 1. The van der Waals surface area contributed by atoms with Crippen LogP contribution < -0.4 is 5.32 Å². The molecule has 2 rings (SSSR count). The molecule has 2 unspecified atom stereocenters. The largest absolute Gasteiger partial charge is 0.331 e. The Balaban J connectivity index is 1.94. The highest BCUT2D eigenvalue weighted by Gasteiger charge is 2.22. The first-order chi connectivity index (χ1) is 9.06. The van der Waals surface area contributed by atoms with Crippen LogP contribution >= 0.6 is 15.9 Å². The fourth-order valence-corrected chi connectivity index (χ4v) is 2.93. The molecule has 1 aliphatic rings. The van der Waals surface area contributed by atoms with Crippen LogP contribution in [0.1, 0.15) is 38.3 Å². The molecule has 19 heavy (non-hydrogen) atoms. The standard InChI is InChI=1S/C15H21BrN2O/c1-11-5-4-8-18(10-11)15(19)17-12(2)13-6-3-7-14(16)9-13/h3,6-7,9,11-12H,4-5,8,10H2,1-2H3,(H,17,19). The van der Waals surface area contributed by atoms with E-state index in [1.54, 1.807) is 0 Å². The quantitative estimate of drug-likeness (QED) is 0.877. The fraction of sp³-hybridized carbons (Fsp3) is 0.533. The van der Waals surface area contributed by atoms with Crippen LogP contribution in [-0.4, -0.2) is 24.0 Å². The van der Waals surface area contributed by atoms with Crippen LogP contribution in [0.3, 0.4) is 0 Å². The van der Waals surface area contributed by atoms with Crippen molar-refractivity contribution in [2.75, 3.05) is 13.1 Å². The van der Waals surface area contributed by atoms with E-state index in [0.717, 1.165) is 29.5 Å². The number of nitrogens with one attached hydrogen (secondary N) is 1. The second-order valence-corrected chi connectivity index (χ2v) is 6.34. The lowest BCUT2D eigenvalue weighted by atomic mass is 10.0. The SMILES string of the molecule is CC1CCCN(C(=O)NC(C)c2cccc(Br)c2)C1. The van der Waals surface area contributed by atoms with Gasteiger partial charge in [0.25, 0.3) is 0 Å². The van der Waals surface area contributed by atoms with Gasteiger partial charge in [0.1, 0.15) is 0 Å². The molecule has 1 aromatic carbocycles. The third-order valence-corrected chi connectivity index (χ3v) is 4.13. The van der Waals surface area contributed by atoms with Gasteiger partial charge in [0.15, 0.2) is 0 Å². The number of likely N-dealkylation sites (tertiary alicyclic amines) is 1. The summed E-state index contributed by atoms with van der Waals surface area (Å²) in [7, 11) is 0. The molecule has 0 saturated carbocycles. The lowest BCUT2D eigenvalue weighted by molar-refractivity contribution is 0.167. The maximum absolute atomic E-state index is 12.2. The number of piperidine rings is 1. The molecule has 1 N–H and O–H groups in total. The number of hydrogen-bond donors (Lipinski definition) is 1. The summed E-state index contributed by atoms with van der Waals surface area (Å²) in [4.78, 5) is 14.1. The number of halogens is 1. The first-order valence-corrected chi connectivity index (χ1v) is 7.66. The van der Waals surface area contributed by atoms with Crippen molar-refractivity contribution >= 4 is 22.0 Å². The van der Waals surface area contributed by atoms with Gasteiger partial charge in [-0.15, -0.1) is 0 Å². The first-order valence-electron chi connectivity index (χ1n) is 6.87. The average Bonchev–Trinajstić information content (AvgIpc) is 2.38. The maximum atomic E-state index is 12.2. The van der Waals surface area contributed by atoms with Gasteiger partial charge in [0.2, 0.25) is 0 Å². The zero-order valence-electron chi connectivity index (χ0n) is 11.5. The van der Waals surface area contributed by atoms with Crippen LogP contribution in [0.4, 0.5) is 4.79 Å². The highest BCUT2D eigenvalue weighted by Crippen LogP contribution is 2.19. The summed E-state index contributed by atoms with van der Waals surface area (Å²) in [6.45, 7) is 5.97. The van der Waals surface area contributed by atoms with Crippen molar-refractivity contribution in [2.24, 2.45) is 5.92 Å². The number of hydrogen-bond acceptors (Lipinski definition) is 1. The van der Waals surface area contributed by atoms with Crippen LogP contribution in [-0.2, 0) is 0 Å². The molecular formula is C15H21BrN2O. The first kappa shape index (κ1) is 14.4. The number of urea groups is 1. The van der Waals surface area contributed by atoms with Crippen molar-refractivity contribution in [3.05, 3.63) is 34.3 Å². The highest BCUT2D eigenvalue weighted by atomic mass is 79.9. The summed E-state index contributed by atoms with van der Waals surface area (Å²) < 4.78 is 1.04. The van der Waals surface area contributed by atoms with E-state index in [1.165, 1.54) is 6.42 Å². The van der Waals surface area contributed by atoms with Gasteiger partial charge < -0.3 is 10.2 Å². The van der Waals surface area contributed by atoms with Gasteiger partial charge in [-0.25, -0.2) is 4.79 Å². The van der Waals surface area contributed by atoms with Crippen LogP contribution in [0.5, 0.6) is 0 Å². The Kier molecular flexibility index (Phi) is 4.86. The highest BCUT2D eigenvalue weighted by molar-refractivity contribution is 9.10. The third-order valence-electron chi connectivity index (χ3n) is 3.63. The lowest BCUT2D eigenvalue weighted by Gasteiger charge is -2.32. The van der Waals surface area contributed by atoms with E-state index in [4.69, 9.17) is 0 Å². The van der Waals surface area contributed by atoms with E-state index in [2.05, 4.69) is 28.2 Å². The molecule has 3 nitrogen and oxygen atoms in total. The molecule has 1 saturated heterocycles. The van der Waals surface area contributed by atoms with Crippen molar-refractivity contribution in [2.45, 2.75) is 32.7 Å². The predicted molar refractivity (Wildman–Crippen MR) is 81.1 cm³/mol. The minimum atomic E-state index is 0.0298.